The zero-order valence-corrected chi connectivity index (χ0v) is 12.1. The predicted molar refractivity (Wildman–Crippen MR) is 77.0 cm³/mol. The monoisotopic (exact) mass is 273 g/mol. The Kier molecular flexibility index (Phi) is 5.79. The molecule has 0 aliphatic heterocycles. The van der Waals surface area contributed by atoms with Gasteiger partial charge < -0.3 is 9.84 Å². The fourth-order valence-electron chi connectivity index (χ4n) is 1.76. The Hall–Kier alpha value is -2.28. The molecule has 0 fully saturated rings. The molecule has 0 heterocycles. The van der Waals surface area contributed by atoms with Gasteiger partial charge in [0.2, 0.25) is 0 Å². The first-order valence-electron chi connectivity index (χ1n) is 6.58. The van der Waals surface area contributed by atoms with Crippen LogP contribution in [0.2, 0.25) is 0 Å². The van der Waals surface area contributed by atoms with Gasteiger partial charge in [-0.05, 0) is 55.2 Å². The SMILES string of the molecule is CCCCOC(=O)/C(C#N)=C\c1cc(C)c(O)c(C)c1. The van der Waals surface area contributed by atoms with Crippen molar-refractivity contribution >= 4 is 12.0 Å². The zero-order chi connectivity index (χ0) is 15.1. The molecular formula is C16H19NO3. The lowest BCUT2D eigenvalue weighted by atomic mass is 10.0. The minimum Gasteiger partial charge on any atom is -0.507 e. The average Bonchev–Trinajstić information content (AvgIpc) is 2.42. The second kappa shape index (κ2) is 7.34. The Balaban J connectivity index is 2.95. The number of phenolic OH excluding ortho intramolecular Hbond substituents is 1. The third kappa shape index (κ3) is 4.13. The minimum absolute atomic E-state index is 0.0365. The van der Waals surface area contributed by atoms with Crippen molar-refractivity contribution in [2.45, 2.75) is 33.6 Å². The molecule has 0 saturated carbocycles. The largest absolute Gasteiger partial charge is 0.507 e. The smallest absolute Gasteiger partial charge is 0.348 e. The molecule has 0 atom stereocenters. The van der Waals surface area contributed by atoms with Gasteiger partial charge in [0.1, 0.15) is 17.4 Å². The maximum Gasteiger partial charge on any atom is 0.348 e. The van der Waals surface area contributed by atoms with Crippen LogP contribution in [0.25, 0.3) is 6.08 Å². The van der Waals surface area contributed by atoms with Crippen molar-refractivity contribution in [2.24, 2.45) is 0 Å². The van der Waals surface area contributed by atoms with Gasteiger partial charge in [0.25, 0.3) is 0 Å². The number of hydrogen-bond donors (Lipinski definition) is 1. The summed E-state index contributed by atoms with van der Waals surface area (Å²) in [5.41, 5.74) is 2.06. The first-order valence-corrected chi connectivity index (χ1v) is 6.58. The second-order valence-electron chi connectivity index (χ2n) is 4.66. The van der Waals surface area contributed by atoms with Crippen molar-refractivity contribution in [3.63, 3.8) is 0 Å². The van der Waals surface area contributed by atoms with E-state index < -0.39 is 5.97 Å². The van der Waals surface area contributed by atoms with Gasteiger partial charge in [-0.3, -0.25) is 0 Å². The van der Waals surface area contributed by atoms with E-state index in [-0.39, 0.29) is 11.3 Å². The highest BCUT2D eigenvalue weighted by Crippen LogP contribution is 2.24. The normalized spacial score (nSPS) is 11.0. The highest BCUT2D eigenvalue weighted by molar-refractivity contribution is 5.97. The quantitative estimate of drug-likeness (QED) is 0.387. The summed E-state index contributed by atoms with van der Waals surface area (Å²) in [4.78, 5) is 11.7. The first kappa shape index (κ1) is 15.8. The number of ether oxygens (including phenoxy) is 1. The van der Waals surface area contributed by atoms with E-state index in [9.17, 15) is 9.90 Å². The molecule has 1 aromatic rings. The molecule has 4 nitrogen and oxygen atoms in total. The van der Waals surface area contributed by atoms with Gasteiger partial charge in [-0.15, -0.1) is 0 Å². The van der Waals surface area contributed by atoms with Crippen molar-refractivity contribution in [3.05, 3.63) is 34.4 Å². The molecule has 1 aromatic carbocycles. The summed E-state index contributed by atoms with van der Waals surface area (Å²) in [7, 11) is 0. The molecular weight excluding hydrogens is 254 g/mol. The Morgan fingerprint density at radius 3 is 2.50 bits per heavy atom. The summed E-state index contributed by atoms with van der Waals surface area (Å²) in [5, 5.41) is 18.7. The van der Waals surface area contributed by atoms with Crippen LogP contribution in [0, 0.1) is 25.2 Å². The minimum atomic E-state index is -0.607. The highest BCUT2D eigenvalue weighted by Gasteiger charge is 2.11. The molecule has 0 saturated heterocycles. The third-order valence-electron chi connectivity index (χ3n) is 2.90. The van der Waals surface area contributed by atoms with E-state index in [1.165, 1.54) is 6.08 Å². The van der Waals surface area contributed by atoms with Gasteiger partial charge in [-0.2, -0.15) is 5.26 Å². The zero-order valence-electron chi connectivity index (χ0n) is 12.1. The number of nitrogens with zero attached hydrogens (tertiary/aromatic N) is 1. The van der Waals surface area contributed by atoms with Crippen LogP contribution in [0.4, 0.5) is 0 Å². The van der Waals surface area contributed by atoms with Crippen LogP contribution >= 0.6 is 0 Å². The molecule has 0 aliphatic rings. The summed E-state index contributed by atoms with van der Waals surface area (Å²) in [5.74, 6) is -0.379. The standard InChI is InChI=1S/C16H19NO3/c1-4-5-6-20-16(19)14(10-17)9-13-7-11(2)15(18)12(3)8-13/h7-9,18H,4-6H2,1-3H3/b14-9-. The lowest BCUT2D eigenvalue weighted by Crippen LogP contribution is -2.07. The lowest BCUT2D eigenvalue weighted by Gasteiger charge is -2.06. The third-order valence-corrected chi connectivity index (χ3v) is 2.90. The van der Waals surface area contributed by atoms with E-state index in [1.807, 2.05) is 13.0 Å². The number of aryl methyl sites for hydroxylation is 2. The van der Waals surface area contributed by atoms with Crippen LogP contribution in [0.3, 0.4) is 0 Å². The Labute approximate surface area is 119 Å². The average molecular weight is 273 g/mol. The predicted octanol–water partition coefficient (Wildman–Crippen LogP) is 3.26. The first-order chi connectivity index (χ1) is 9.49. The molecule has 0 unspecified atom stereocenters. The summed E-state index contributed by atoms with van der Waals surface area (Å²) >= 11 is 0. The number of hydrogen-bond acceptors (Lipinski definition) is 4. The highest BCUT2D eigenvalue weighted by atomic mass is 16.5. The molecule has 0 aromatic heterocycles. The van der Waals surface area contributed by atoms with Crippen molar-refractivity contribution in [1.82, 2.24) is 0 Å². The topological polar surface area (TPSA) is 70.3 Å². The molecule has 0 amide bonds. The molecule has 106 valence electrons. The van der Waals surface area contributed by atoms with Crippen LogP contribution in [-0.4, -0.2) is 17.7 Å². The molecule has 0 aliphatic carbocycles. The van der Waals surface area contributed by atoms with E-state index in [2.05, 4.69) is 0 Å². The maximum absolute atomic E-state index is 11.7. The van der Waals surface area contributed by atoms with Crippen LogP contribution in [0.5, 0.6) is 5.75 Å². The molecule has 0 radical (unpaired) electrons. The van der Waals surface area contributed by atoms with Crippen molar-refractivity contribution in [3.8, 4) is 11.8 Å². The van der Waals surface area contributed by atoms with Gasteiger partial charge in [0.15, 0.2) is 0 Å². The summed E-state index contributed by atoms with van der Waals surface area (Å²) in [6.07, 6.45) is 3.19. The number of phenols is 1. The lowest BCUT2D eigenvalue weighted by molar-refractivity contribution is -0.138. The fourth-order valence-corrected chi connectivity index (χ4v) is 1.76. The number of unbranched alkanes of at least 4 members (excludes halogenated alkanes) is 1. The molecule has 20 heavy (non-hydrogen) atoms. The van der Waals surface area contributed by atoms with Crippen molar-refractivity contribution < 1.29 is 14.6 Å². The van der Waals surface area contributed by atoms with Crippen LogP contribution in [0.15, 0.2) is 17.7 Å². The number of rotatable bonds is 5. The maximum atomic E-state index is 11.7. The number of carbonyl (C=O) groups excluding carboxylic acids is 1. The number of nitriles is 1. The van der Waals surface area contributed by atoms with Crippen LogP contribution in [0.1, 0.15) is 36.5 Å². The van der Waals surface area contributed by atoms with E-state index in [0.717, 1.165) is 12.8 Å². The number of carbonyl (C=O) groups is 1. The number of aromatic hydroxyl groups is 1. The van der Waals surface area contributed by atoms with Gasteiger partial charge in [0, 0.05) is 0 Å². The van der Waals surface area contributed by atoms with Gasteiger partial charge in [-0.25, -0.2) is 4.79 Å². The van der Waals surface area contributed by atoms with Crippen LogP contribution < -0.4 is 0 Å². The molecule has 1 rings (SSSR count). The molecule has 0 spiro atoms. The summed E-state index contributed by atoms with van der Waals surface area (Å²) in [6.45, 7) is 5.86. The van der Waals surface area contributed by atoms with E-state index >= 15 is 0 Å². The summed E-state index contributed by atoms with van der Waals surface area (Å²) < 4.78 is 5.01. The fraction of sp³-hybridized carbons (Fsp3) is 0.375. The van der Waals surface area contributed by atoms with Crippen molar-refractivity contribution in [1.29, 1.82) is 5.26 Å². The number of benzene rings is 1. The Bertz CT molecular complexity index is 545. The molecule has 4 heteroatoms. The Morgan fingerprint density at radius 2 is 2.00 bits per heavy atom. The Morgan fingerprint density at radius 1 is 1.40 bits per heavy atom. The number of esters is 1. The van der Waals surface area contributed by atoms with E-state index in [4.69, 9.17) is 10.00 Å². The van der Waals surface area contributed by atoms with Crippen LogP contribution in [-0.2, 0) is 9.53 Å². The molecule has 1 N–H and O–H groups in total. The summed E-state index contributed by atoms with van der Waals surface area (Å²) in [6, 6.07) is 5.30. The van der Waals surface area contributed by atoms with Gasteiger partial charge in [0.05, 0.1) is 6.61 Å². The van der Waals surface area contributed by atoms with E-state index in [0.29, 0.717) is 23.3 Å². The van der Waals surface area contributed by atoms with Gasteiger partial charge in [-0.1, -0.05) is 13.3 Å². The van der Waals surface area contributed by atoms with Gasteiger partial charge >= 0.3 is 5.97 Å². The van der Waals surface area contributed by atoms with Crippen molar-refractivity contribution in [2.75, 3.05) is 6.61 Å². The second-order valence-corrected chi connectivity index (χ2v) is 4.66. The molecule has 0 bridgehead atoms. The van der Waals surface area contributed by atoms with E-state index in [1.54, 1.807) is 26.0 Å².